The normalized spacial score (nSPS) is 14.5. The number of aryl methyl sites for hydroxylation is 2. The van der Waals surface area contributed by atoms with Gasteiger partial charge >= 0.3 is 0 Å². The number of aromatic nitrogens is 4. The Morgan fingerprint density at radius 2 is 2.06 bits per heavy atom. The molecule has 1 aliphatic carbocycles. The maximum absolute atomic E-state index is 13.2. The SMILES string of the molecule is Cc1cnc(CNC(=O)c2cc(N=C(N=NN)C3CCC3)c3ncc(-c4ccc(C)s4)n3c2)cn1. The number of rotatable bonds is 6. The second-order valence-corrected chi connectivity index (χ2v) is 9.79. The molecule has 1 fully saturated rings. The van der Waals surface area contributed by atoms with Gasteiger partial charge in [0.05, 0.1) is 46.5 Å². The number of aliphatic imine (C=N–C) groups is 1. The van der Waals surface area contributed by atoms with Gasteiger partial charge in [-0.25, -0.2) is 9.98 Å². The van der Waals surface area contributed by atoms with Crippen LogP contribution in [0.4, 0.5) is 5.69 Å². The summed E-state index contributed by atoms with van der Waals surface area (Å²) in [5.41, 5.74) is 4.01. The molecule has 178 valence electrons. The van der Waals surface area contributed by atoms with E-state index >= 15 is 0 Å². The molecule has 4 heterocycles. The van der Waals surface area contributed by atoms with Crippen LogP contribution in [0.3, 0.4) is 0 Å². The molecule has 1 saturated carbocycles. The summed E-state index contributed by atoms with van der Waals surface area (Å²) in [6.45, 7) is 4.19. The first-order chi connectivity index (χ1) is 17.0. The number of carbonyl (C=O) groups excluding carboxylic acids is 1. The number of amides is 1. The van der Waals surface area contributed by atoms with E-state index in [4.69, 9.17) is 10.8 Å². The predicted octanol–water partition coefficient (Wildman–Crippen LogP) is 4.56. The smallest absolute Gasteiger partial charge is 0.253 e. The van der Waals surface area contributed by atoms with Crippen LogP contribution in [0.5, 0.6) is 0 Å². The number of thiophene rings is 1. The number of nitrogens with one attached hydrogen (secondary N) is 1. The molecule has 35 heavy (non-hydrogen) atoms. The summed E-state index contributed by atoms with van der Waals surface area (Å²) in [4.78, 5) is 33.4. The quantitative estimate of drug-likeness (QED) is 0.135. The molecule has 0 bridgehead atoms. The van der Waals surface area contributed by atoms with E-state index in [-0.39, 0.29) is 18.4 Å². The van der Waals surface area contributed by atoms with Crippen molar-refractivity contribution in [3.8, 4) is 10.6 Å². The molecule has 0 atom stereocenters. The molecule has 0 radical (unpaired) electrons. The molecule has 0 aliphatic heterocycles. The van der Waals surface area contributed by atoms with E-state index in [1.165, 1.54) is 4.88 Å². The highest BCUT2D eigenvalue weighted by Gasteiger charge is 2.25. The van der Waals surface area contributed by atoms with E-state index in [1.807, 2.05) is 11.3 Å². The van der Waals surface area contributed by atoms with Gasteiger partial charge in [0, 0.05) is 23.2 Å². The lowest BCUT2D eigenvalue weighted by Crippen LogP contribution is -2.24. The summed E-state index contributed by atoms with van der Waals surface area (Å²) in [7, 11) is 0. The molecule has 4 aromatic rings. The zero-order valence-corrected chi connectivity index (χ0v) is 20.3. The molecule has 10 nitrogen and oxygen atoms in total. The molecule has 4 aromatic heterocycles. The number of pyridine rings is 1. The van der Waals surface area contributed by atoms with Gasteiger partial charge in [-0.1, -0.05) is 11.6 Å². The number of imidazole rings is 1. The first-order valence-corrected chi connectivity index (χ1v) is 12.2. The van der Waals surface area contributed by atoms with Crippen molar-refractivity contribution in [2.75, 3.05) is 0 Å². The maximum Gasteiger partial charge on any atom is 0.253 e. The summed E-state index contributed by atoms with van der Waals surface area (Å²) >= 11 is 1.67. The van der Waals surface area contributed by atoms with Crippen molar-refractivity contribution in [2.24, 2.45) is 27.1 Å². The Balaban J connectivity index is 1.56. The summed E-state index contributed by atoms with van der Waals surface area (Å²) in [6.07, 6.45) is 10.0. The number of hydrogen-bond acceptors (Lipinski definition) is 7. The Bertz CT molecular complexity index is 1430. The minimum atomic E-state index is -0.251. The molecule has 0 saturated heterocycles. The number of hydrogen-bond donors (Lipinski definition) is 2. The summed E-state index contributed by atoms with van der Waals surface area (Å²) in [5.74, 6) is 5.87. The van der Waals surface area contributed by atoms with Crippen LogP contribution >= 0.6 is 11.3 Å². The van der Waals surface area contributed by atoms with E-state index in [0.717, 1.165) is 35.5 Å². The first kappa shape index (κ1) is 22.8. The molecular weight excluding hydrogens is 462 g/mol. The fraction of sp³-hybridized carbons (Fsp3) is 0.292. The number of nitrogens with two attached hydrogens (primary N) is 1. The van der Waals surface area contributed by atoms with Crippen LogP contribution in [-0.2, 0) is 6.54 Å². The van der Waals surface area contributed by atoms with Gasteiger partial charge in [-0.05, 0) is 44.9 Å². The van der Waals surface area contributed by atoms with E-state index in [2.05, 4.69) is 49.7 Å². The Morgan fingerprint density at radius 1 is 1.20 bits per heavy atom. The largest absolute Gasteiger partial charge is 0.346 e. The minimum absolute atomic E-state index is 0.203. The Morgan fingerprint density at radius 3 is 2.71 bits per heavy atom. The van der Waals surface area contributed by atoms with Gasteiger partial charge in [-0.15, -0.1) is 16.5 Å². The van der Waals surface area contributed by atoms with Crippen LogP contribution in [0, 0.1) is 19.8 Å². The Hall–Kier alpha value is -3.99. The van der Waals surface area contributed by atoms with Crippen molar-refractivity contribution in [3.63, 3.8) is 0 Å². The van der Waals surface area contributed by atoms with Crippen molar-refractivity contribution < 1.29 is 4.79 Å². The zero-order valence-electron chi connectivity index (χ0n) is 19.5. The lowest BCUT2D eigenvalue weighted by molar-refractivity contribution is 0.0950. The molecular formula is C24H25N9OS. The van der Waals surface area contributed by atoms with E-state index in [9.17, 15) is 4.79 Å². The highest BCUT2D eigenvalue weighted by atomic mass is 32.1. The van der Waals surface area contributed by atoms with Gasteiger partial charge in [-0.2, -0.15) is 0 Å². The lowest BCUT2D eigenvalue weighted by Gasteiger charge is -2.23. The lowest BCUT2D eigenvalue weighted by atomic mass is 9.84. The van der Waals surface area contributed by atoms with E-state index in [0.29, 0.717) is 28.4 Å². The van der Waals surface area contributed by atoms with Crippen molar-refractivity contribution >= 4 is 34.4 Å². The number of nitrogens with zero attached hydrogens (tertiary/aromatic N) is 7. The number of amidine groups is 1. The van der Waals surface area contributed by atoms with Gasteiger partial charge in [0.25, 0.3) is 5.91 Å². The molecule has 0 aromatic carbocycles. The molecule has 0 spiro atoms. The minimum Gasteiger partial charge on any atom is -0.346 e. The van der Waals surface area contributed by atoms with Crippen molar-refractivity contribution in [3.05, 3.63) is 64.8 Å². The third-order valence-corrected chi connectivity index (χ3v) is 6.99. The molecule has 1 aliphatic rings. The topological polar surface area (TPSA) is 135 Å². The third-order valence-electron chi connectivity index (χ3n) is 5.97. The van der Waals surface area contributed by atoms with Crippen molar-refractivity contribution in [1.29, 1.82) is 0 Å². The van der Waals surface area contributed by atoms with Crippen LogP contribution < -0.4 is 11.2 Å². The van der Waals surface area contributed by atoms with Crippen LogP contribution in [0.15, 0.2) is 58.3 Å². The first-order valence-electron chi connectivity index (χ1n) is 11.3. The van der Waals surface area contributed by atoms with Gasteiger partial charge < -0.3 is 11.2 Å². The van der Waals surface area contributed by atoms with Gasteiger partial charge in [0.2, 0.25) is 0 Å². The highest BCUT2D eigenvalue weighted by molar-refractivity contribution is 7.15. The zero-order chi connectivity index (χ0) is 24.4. The average Bonchev–Trinajstić information content (AvgIpc) is 3.43. The number of fused-ring (bicyclic) bond motifs is 1. The van der Waals surface area contributed by atoms with E-state index in [1.54, 1.807) is 42.2 Å². The fourth-order valence-corrected chi connectivity index (χ4v) is 4.73. The monoisotopic (exact) mass is 487 g/mol. The highest BCUT2D eigenvalue weighted by Crippen LogP contribution is 2.34. The van der Waals surface area contributed by atoms with Crippen LogP contribution in [0.25, 0.3) is 16.2 Å². The maximum atomic E-state index is 13.2. The molecule has 11 heteroatoms. The Kier molecular flexibility index (Phi) is 6.32. The van der Waals surface area contributed by atoms with Crippen molar-refractivity contribution in [2.45, 2.75) is 39.7 Å². The summed E-state index contributed by atoms with van der Waals surface area (Å²) in [6, 6.07) is 5.85. The van der Waals surface area contributed by atoms with Crippen molar-refractivity contribution in [1.82, 2.24) is 24.7 Å². The molecule has 5 rings (SSSR count). The fourth-order valence-electron chi connectivity index (χ4n) is 3.86. The van der Waals surface area contributed by atoms with Crippen LogP contribution in [-0.4, -0.2) is 31.1 Å². The van der Waals surface area contributed by atoms with Gasteiger partial charge in [0.1, 0.15) is 5.69 Å². The van der Waals surface area contributed by atoms with E-state index < -0.39 is 0 Å². The van der Waals surface area contributed by atoms with Crippen LogP contribution in [0.2, 0.25) is 0 Å². The third kappa shape index (κ3) is 4.80. The van der Waals surface area contributed by atoms with Gasteiger partial charge in [-0.3, -0.25) is 19.2 Å². The predicted molar refractivity (Wildman–Crippen MR) is 135 cm³/mol. The molecule has 1 amide bonds. The average molecular weight is 488 g/mol. The second-order valence-electron chi connectivity index (χ2n) is 8.51. The summed E-state index contributed by atoms with van der Waals surface area (Å²) in [5, 5.41) is 10.5. The summed E-state index contributed by atoms with van der Waals surface area (Å²) < 4.78 is 1.91. The van der Waals surface area contributed by atoms with Crippen LogP contribution in [0.1, 0.15) is 45.9 Å². The standard InChI is InChI=1S/C24H25N9OS/c1-14-9-27-18(10-26-14)11-29-24(34)17-8-19(30-22(31-32-25)16-4-3-5-16)23-28-12-20(33(23)13-17)21-7-6-15(2)35-21/h6-10,12-13,16H,3-5,11H2,1-2H3,(H,29,34)(H2,25,30,31). The molecule has 3 N–H and O–H groups in total. The second kappa shape index (κ2) is 9.71. The Labute approximate surface area is 206 Å². The molecule has 0 unspecified atom stereocenters. The number of carbonyl (C=O) groups is 1. The van der Waals surface area contributed by atoms with Gasteiger partial charge in [0.15, 0.2) is 11.5 Å².